The zero-order valence-corrected chi connectivity index (χ0v) is 38.8. The monoisotopic (exact) mass is 817 g/mol. The van der Waals surface area contributed by atoms with Gasteiger partial charge in [-0.15, -0.1) is 11.3 Å². The first-order valence-electron chi connectivity index (χ1n) is 20.4. The lowest BCUT2D eigenvalue weighted by Crippen LogP contribution is -2.61. The van der Waals surface area contributed by atoms with Crippen LogP contribution in [0.2, 0.25) is 0 Å². The SMILES string of the molecule is C=C/C=C(\C=C)C[C@H](NC(=O)[C@H](C)[C@@H](OC)[C@H](CC)N(C)C(=O)[C@H](C)[C@@H](OC)C(C(C)CC)N(C)C(=O)[C@H](C(C)C)N(C)C(=O)C(C(C)C)N(C)C)c1nccs1. The van der Waals surface area contributed by atoms with Crippen molar-refractivity contribution in [3.05, 3.63) is 53.5 Å². The Bertz CT molecular complexity index is 1460. The summed E-state index contributed by atoms with van der Waals surface area (Å²) in [4.78, 5) is 68.3. The van der Waals surface area contributed by atoms with Gasteiger partial charge in [0.2, 0.25) is 23.6 Å². The Labute approximate surface area is 349 Å². The Morgan fingerprint density at radius 1 is 0.789 bits per heavy atom. The zero-order valence-electron chi connectivity index (χ0n) is 37.9. The van der Waals surface area contributed by atoms with Crippen LogP contribution in [0.15, 0.2) is 48.5 Å². The molecule has 13 heteroatoms. The van der Waals surface area contributed by atoms with E-state index in [4.69, 9.17) is 9.47 Å². The van der Waals surface area contributed by atoms with Crippen LogP contribution in [0.25, 0.3) is 0 Å². The molecule has 57 heavy (non-hydrogen) atoms. The van der Waals surface area contributed by atoms with Crippen molar-refractivity contribution in [1.82, 2.24) is 29.9 Å². The largest absolute Gasteiger partial charge is 0.378 e. The first-order valence-corrected chi connectivity index (χ1v) is 21.3. The minimum atomic E-state index is -0.724. The Morgan fingerprint density at radius 2 is 1.35 bits per heavy atom. The fourth-order valence-electron chi connectivity index (χ4n) is 8.22. The highest BCUT2D eigenvalue weighted by Gasteiger charge is 2.45. The maximum Gasteiger partial charge on any atom is 0.245 e. The predicted molar refractivity (Wildman–Crippen MR) is 233 cm³/mol. The second-order valence-electron chi connectivity index (χ2n) is 16.3. The summed E-state index contributed by atoms with van der Waals surface area (Å²) in [5.74, 6) is -2.22. The molecule has 0 saturated carbocycles. The number of rotatable bonds is 25. The molecule has 1 aromatic heterocycles. The van der Waals surface area contributed by atoms with Gasteiger partial charge in [0, 0.05) is 46.9 Å². The molecule has 4 amide bonds. The van der Waals surface area contributed by atoms with Crippen LogP contribution in [-0.2, 0) is 28.7 Å². The summed E-state index contributed by atoms with van der Waals surface area (Å²) >= 11 is 1.46. The minimum Gasteiger partial charge on any atom is -0.378 e. The molecular weight excluding hydrogens is 741 g/mol. The van der Waals surface area contributed by atoms with E-state index in [2.05, 4.69) is 37.3 Å². The van der Waals surface area contributed by atoms with Crippen molar-refractivity contribution in [3.63, 3.8) is 0 Å². The third-order valence-corrected chi connectivity index (χ3v) is 12.4. The number of nitrogens with zero attached hydrogens (tertiary/aromatic N) is 5. The van der Waals surface area contributed by atoms with Crippen molar-refractivity contribution in [3.8, 4) is 0 Å². The maximum atomic E-state index is 14.6. The third kappa shape index (κ3) is 13.3. The van der Waals surface area contributed by atoms with Gasteiger partial charge in [0.05, 0.1) is 48.2 Å². The molecule has 3 unspecified atom stereocenters. The summed E-state index contributed by atoms with van der Waals surface area (Å²) in [6.07, 6.45) is 7.43. The Morgan fingerprint density at radius 3 is 1.77 bits per heavy atom. The van der Waals surface area contributed by atoms with Gasteiger partial charge in [-0.3, -0.25) is 24.1 Å². The molecule has 1 N–H and O–H groups in total. The molecule has 0 fully saturated rings. The standard InChI is InChI=1S/C44H76N6O6S/c1-19-23-32(21-3)26-33(41-45-24-25-57-41)46-40(51)30(10)38(55-17)34(22-4)48(14)42(52)31(11)39(56-18)37(29(9)20-2)50(16)44(54)36(28(7)8)49(15)43(53)35(27(5)6)47(12)13/h19,21,23-25,27-31,33-39H,1,3,20,22,26H2,2,4-18H3,(H,46,51)/b32-23+/t29?,30-,31-,33+,34+,35?,36+,37?,38-,39-/m1/s1. The number of aromatic nitrogens is 1. The molecule has 0 radical (unpaired) electrons. The first kappa shape index (κ1) is 51.6. The van der Waals surface area contributed by atoms with Crippen LogP contribution >= 0.6 is 11.3 Å². The van der Waals surface area contributed by atoms with Crippen molar-refractivity contribution in [2.75, 3.05) is 49.5 Å². The van der Waals surface area contributed by atoms with E-state index in [0.29, 0.717) is 12.8 Å². The molecule has 0 aliphatic heterocycles. The lowest BCUT2D eigenvalue weighted by Gasteiger charge is -2.44. The van der Waals surface area contributed by atoms with Crippen molar-refractivity contribution >= 4 is 35.0 Å². The van der Waals surface area contributed by atoms with E-state index in [1.807, 2.05) is 78.9 Å². The normalized spacial score (nSPS) is 17.4. The molecule has 0 spiro atoms. The smallest absolute Gasteiger partial charge is 0.245 e. The van der Waals surface area contributed by atoms with E-state index in [1.54, 1.807) is 68.4 Å². The molecule has 0 bridgehead atoms. The fourth-order valence-corrected chi connectivity index (χ4v) is 8.91. The molecule has 1 rings (SSSR count). The second kappa shape index (κ2) is 24.5. The lowest BCUT2D eigenvalue weighted by atomic mass is 9.84. The summed E-state index contributed by atoms with van der Waals surface area (Å²) in [7, 11) is 12.1. The van der Waals surface area contributed by atoms with Gasteiger partial charge in [-0.25, -0.2) is 4.98 Å². The van der Waals surface area contributed by atoms with E-state index in [1.165, 1.54) is 11.3 Å². The van der Waals surface area contributed by atoms with Gasteiger partial charge in [0.25, 0.3) is 0 Å². The molecule has 1 aromatic rings. The second-order valence-corrected chi connectivity index (χ2v) is 17.3. The number of ether oxygens (including phenoxy) is 2. The van der Waals surface area contributed by atoms with Crippen LogP contribution in [0.5, 0.6) is 0 Å². The van der Waals surface area contributed by atoms with E-state index in [-0.39, 0.29) is 47.4 Å². The van der Waals surface area contributed by atoms with Gasteiger partial charge in [0.1, 0.15) is 11.0 Å². The van der Waals surface area contributed by atoms with Crippen molar-refractivity contribution in [1.29, 1.82) is 0 Å². The highest BCUT2D eigenvalue weighted by atomic mass is 32.1. The quantitative estimate of drug-likeness (QED) is 0.112. The van der Waals surface area contributed by atoms with Crippen LogP contribution in [0.3, 0.4) is 0 Å². The van der Waals surface area contributed by atoms with Crippen LogP contribution in [0.4, 0.5) is 0 Å². The summed E-state index contributed by atoms with van der Waals surface area (Å²) in [5, 5.41) is 5.82. The zero-order chi connectivity index (χ0) is 43.9. The number of thiazole rings is 1. The maximum absolute atomic E-state index is 14.6. The van der Waals surface area contributed by atoms with Gasteiger partial charge in [0.15, 0.2) is 0 Å². The minimum absolute atomic E-state index is 0.0445. The van der Waals surface area contributed by atoms with Crippen LogP contribution in [0.1, 0.15) is 92.6 Å². The fraction of sp³-hybridized carbons (Fsp3) is 0.705. The van der Waals surface area contributed by atoms with Gasteiger partial charge < -0.3 is 29.5 Å². The number of methoxy groups -OCH3 is 2. The molecule has 0 aliphatic carbocycles. The van der Waals surface area contributed by atoms with Crippen LogP contribution in [0, 0.1) is 29.6 Å². The molecule has 324 valence electrons. The molecule has 0 aromatic carbocycles. The highest BCUT2D eigenvalue weighted by molar-refractivity contribution is 7.09. The average molecular weight is 817 g/mol. The molecule has 1 heterocycles. The van der Waals surface area contributed by atoms with Gasteiger partial charge >= 0.3 is 0 Å². The van der Waals surface area contributed by atoms with E-state index >= 15 is 0 Å². The summed E-state index contributed by atoms with van der Waals surface area (Å²) < 4.78 is 12.2. The topological polar surface area (TPSA) is 125 Å². The Hall–Kier alpha value is -3.39. The van der Waals surface area contributed by atoms with Crippen molar-refractivity contribution < 1.29 is 28.7 Å². The first-order chi connectivity index (χ1) is 26.7. The van der Waals surface area contributed by atoms with Crippen LogP contribution in [-0.4, -0.2) is 134 Å². The number of allylic oxidation sites excluding steroid dienone is 3. The molecule has 0 saturated heterocycles. The van der Waals surface area contributed by atoms with E-state index in [0.717, 1.165) is 17.0 Å². The lowest BCUT2D eigenvalue weighted by molar-refractivity contribution is -0.157. The van der Waals surface area contributed by atoms with Crippen molar-refractivity contribution in [2.24, 2.45) is 29.6 Å². The number of likely N-dealkylation sites (N-methyl/N-ethyl adjacent to an activating group) is 4. The average Bonchev–Trinajstić information content (AvgIpc) is 3.71. The van der Waals surface area contributed by atoms with Crippen molar-refractivity contribution in [2.45, 2.75) is 124 Å². The Balaban J connectivity index is 3.47. The van der Waals surface area contributed by atoms with Gasteiger partial charge in [-0.2, -0.15) is 0 Å². The molecule has 10 atom stereocenters. The number of hydrogen-bond donors (Lipinski definition) is 1. The van der Waals surface area contributed by atoms with E-state index < -0.39 is 48.2 Å². The highest BCUT2D eigenvalue weighted by Crippen LogP contribution is 2.30. The summed E-state index contributed by atoms with van der Waals surface area (Å²) in [5.41, 5.74) is 0.910. The summed E-state index contributed by atoms with van der Waals surface area (Å²) in [6.45, 7) is 25.3. The molecule has 12 nitrogen and oxygen atoms in total. The molecule has 0 aliphatic rings. The van der Waals surface area contributed by atoms with E-state index in [9.17, 15) is 19.2 Å². The van der Waals surface area contributed by atoms with Crippen LogP contribution < -0.4 is 5.32 Å². The number of hydrogen-bond acceptors (Lipinski definition) is 9. The van der Waals surface area contributed by atoms with Gasteiger partial charge in [-0.1, -0.05) is 100 Å². The summed E-state index contributed by atoms with van der Waals surface area (Å²) in [6, 6.07) is -2.44. The Kier molecular flexibility index (Phi) is 22.2. The predicted octanol–water partition coefficient (Wildman–Crippen LogP) is 6.47. The number of nitrogens with one attached hydrogen (secondary N) is 1. The van der Waals surface area contributed by atoms with Gasteiger partial charge in [-0.05, 0) is 50.3 Å². The number of carbonyl (C=O) groups is 4. The number of amides is 4. The third-order valence-electron chi connectivity index (χ3n) is 11.5. The molecular formula is C44H76N6O6S. The number of carbonyl (C=O) groups excluding carboxylic acids is 4.